The summed E-state index contributed by atoms with van der Waals surface area (Å²) >= 11 is 7.50. The number of carbonyl (C=O) groups is 1. The van der Waals surface area contributed by atoms with Gasteiger partial charge in [-0.05, 0) is 29.8 Å². The number of hydrogen-bond acceptors (Lipinski definition) is 6. The molecule has 1 aromatic heterocycles. The van der Waals surface area contributed by atoms with E-state index in [1.54, 1.807) is 36.4 Å². The normalized spacial score (nSPS) is 15.2. The number of rotatable bonds is 6. The molecule has 0 saturated carbocycles. The van der Waals surface area contributed by atoms with Crippen molar-refractivity contribution in [2.45, 2.75) is 4.90 Å². The number of carbonyl (C=O) groups excluding carboxylic acids is 1. The fourth-order valence-corrected chi connectivity index (χ4v) is 5.48. The monoisotopic (exact) mass is 489 g/mol. The summed E-state index contributed by atoms with van der Waals surface area (Å²) in [6.45, 7) is 1.49. The molecular formula is C22H20ClN3O4S2. The molecule has 0 aliphatic carbocycles. The van der Waals surface area contributed by atoms with Crippen molar-refractivity contribution in [3.05, 3.63) is 70.6 Å². The number of nitrogens with one attached hydrogen (secondary N) is 1. The van der Waals surface area contributed by atoms with Crippen LogP contribution in [0.3, 0.4) is 0 Å². The Bertz CT molecular complexity index is 1230. The van der Waals surface area contributed by atoms with Crippen molar-refractivity contribution < 1.29 is 17.9 Å². The van der Waals surface area contributed by atoms with E-state index in [0.29, 0.717) is 47.7 Å². The maximum absolute atomic E-state index is 12.7. The third-order valence-electron chi connectivity index (χ3n) is 4.80. The standard InChI is InChI=1S/C22H20ClN3O4S2/c23-19-4-2-1-3-18(19)20-15-31-22(24-20)25-21(27)10-7-16-5-8-17(9-6-16)32(28,29)26-11-13-30-14-12-26/h1-10,15H,11-14H2,(H,24,25,27)/b10-7+. The molecule has 0 bridgehead atoms. The van der Waals surface area contributed by atoms with Gasteiger partial charge in [0.1, 0.15) is 0 Å². The molecule has 1 aliphatic rings. The minimum absolute atomic E-state index is 0.218. The summed E-state index contributed by atoms with van der Waals surface area (Å²) in [5.74, 6) is -0.338. The molecule has 2 aromatic carbocycles. The molecule has 1 aliphatic heterocycles. The molecule has 0 unspecified atom stereocenters. The maximum atomic E-state index is 12.7. The highest BCUT2D eigenvalue weighted by Crippen LogP contribution is 2.30. The first-order valence-electron chi connectivity index (χ1n) is 9.81. The van der Waals surface area contributed by atoms with Gasteiger partial charge < -0.3 is 4.74 Å². The van der Waals surface area contributed by atoms with Crippen LogP contribution in [0.2, 0.25) is 5.02 Å². The molecular weight excluding hydrogens is 470 g/mol. The quantitative estimate of drug-likeness (QED) is 0.526. The average Bonchev–Trinajstić information content (AvgIpc) is 3.27. The molecule has 2 heterocycles. The van der Waals surface area contributed by atoms with E-state index in [9.17, 15) is 13.2 Å². The van der Waals surface area contributed by atoms with Crippen LogP contribution in [0, 0.1) is 0 Å². The predicted octanol–water partition coefficient (Wildman–Crippen LogP) is 4.14. The molecule has 10 heteroatoms. The molecule has 166 valence electrons. The number of benzene rings is 2. The first-order valence-corrected chi connectivity index (χ1v) is 12.5. The van der Waals surface area contributed by atoms with Crippen LogP contribution in [0.25, 0.3) is 17.3 Å². The minimum Gasteiger partial charge on any atom is -0.379 e. The lowest BCUT2D eigenvalue weighted by molar-refractivity contribution is -0.111. The van der Waals surface area contributed by atoms with Crippen LogP contribution < -0.4 is 5.32 Å². The second kappa shape index (κ2) is 9.93. The van der Waals surface area contributed by atoms with Crippen LogP contribution in [-0.4, -0.2) is 49.9 Å². The second-order valence-electron chi connectivity index (χ2n) is 6.93. The van der Waals surface area contributed by atoms with E-state index in [2.05, 4.69) is 10.3 Å². The van der Waals surface area contributed by atoms with Gasteiger partial charge in [0.05, 0.1) is 23.8 Å². The zero-order valence-electron chi connectivity index (χ0n) is 16.9. The first-order chi connectivity index (χ1) is 15.4. The Morgan fingerprint density at radius 3 is 2.56 bits per heavy atom. The van der Waals surface area contributed by atoms with Crippen molar-refractivity contribution in [2.24, 2.45) is 0 Å². The Balaban J connectivity index is 1.38. The van der Waals surface area contributed by atoms with Gasteiger partial charge >= 0.3 is 0 Å². The summed E-state index contributed by atoms with van der Waals surface area (Å²) in [4.78, 5) is 16.9. The molecule has 1 saturated heterocycles. The van der Waals surface area contributed by atoms with Crippen molar-refractivity contribution in [3.63, 3.8) is 0 Å². The number of hydrogen-bond donors (Lipinski definition) is 1. The molecule has 1 N–H and O–H groups in total. The van der Waals surface area contributed by atoms with Gasteiger partial charge in [0.25, 0.3) is 0 Å². The Kier molecular flexibility index (Phi) is 7.02. The fourth-order valence-electron chi connectivity index (χ4n) is 3.13. The number of nitrogens with zero attached hydrogens (tertiary/aromatic N) is 2. The van der Waals surface area contributed by atoms with Crippen LogP contribution in [0.15, 0.2) is 64.9 Å². The number of halogens is 1. The molecule has 7 nitrogen and oxygen atoms in total. The summed E-state index contributed by atoms with van der Waals surface area (Å²) in [5, 5.41) is 5.60. The van der Waals surface area contributed by atoms with E-state index in [-0.39, 0.29) is 10.8 Å². The molecule has 3 aromatic rings. The number of anilines is 1. The van der Waals surface area contributed by atoms with E-state index in [4.69, 9.17) is 16.3 Å². The second-order valence-corrected chi connectivity index (χ2v) is 10.1. The molecule has 4 rings (SSSR count). The van der Waals surface area contributed by atoms with Crippen LogP contribution in [0.4, 0.5) is 5.13 Å². The predicted molar refractivity (Wildman–Crippen MR) is 126 cm³/mol. The van der Waals surface area contributed by atoms with Crippen LogP contribution in [0.5, 0.6) is 0 Å². The molecule has 0 radical (unpaired) electrons. The van der Waals surface area contributed by atoms with Crippen LogP contribution in [-0.2, 0) is 19.6 Å². The lowest BCUT2D eigenvalue weighted by atomic mass is 10.2. The van der Waals surface area contributed by atoms with Crippen LogP contribution >= 0.6 is 22.9 Å². The Labute approximate surface area is 195 Å². The third kappa shape index (κ3) is 5.25. The summed E-state index contributed by atoms with van der Waals surface area (Å²) in [6, 6.07) is 13.8. The van der Waals surface area contributed by atoms with Crippen molar-refractivity contribution in [1.82, 2.24) is 9.29 Å². The van der Waals surface area contributed by atoms with E-state index >= 15 is 0 Å². The molecule has 32 heavy (non-hydrogen) atoms. The Morgan fingerprint density at radius 2 is 1.84 bits per heavy atom. The van der Waals surface area contributed by atoms with Crippen molar-refractivity contribution in [2.75, 3.05) is 31.6 Å². The van der Waals surface area contributed by atoms with Gasteiger partial charge in [0.15, 0.2) is 5.13 Å². The highest BCUT2D eigenvalue weighted by Gasteiger charge is 2.25. The number of morpholine rings is 1. The number of aromatic nitrogens is 1. The molecule has 1 fully saturated rings. The number of amides is 1. The fraction of sp³-hybridized carbons (Fsp3) is 0.182. The largest absolute Gasteiger partial charge is 0.379 e. The topological polar surface area (TPSA) is 88.6 Å². The van der Waals surface area contributed by atoms with E-state index in [1.807, 2.05) is 23.6 Å². The lowest BCUT2D eigenvalue weighted by Crippen LogP contribution is -2.40. The summed E-state index contributed by atoms with van der Waals surface area (Å²) < 4.78 is 32.0. The van der Waals surface area contributed by atoms with Gasteiger partial charge in [-0.15, -0.1) is 11.3 Å². The van der Waals surface area contributed by atoms with Gasteiger partial charge in [0, 0.05) is 35.1 Å². The number of thiazole rings is 1. The van der Waals surface area contributed by atoms with Gasteiger partial charge in [-0.3, -0.25) is 10.1 Å². The van der Waals surface area contributed by atoms with Crippen molar-refractivity contribution >= 4 is 50.1 Å². The Morgan fingerprint density at radius 1 is 1.12 bits per heavy atom. The highest BCUT2D eigenvalue weighted by atomic mass is 35.5. The maximum Gasteiger partial charge on any atom is 0.250 e. The van der Waals surface area contributed by atoms with Gasteiger partial charge in [-0.1, -0.05) is 41.9 Å². The van der Waals surface area contributed by atoms with Gasteiger partial charge in [-0.2, -0.15) is 4.31 Å². The SMILES string of the molecule is O=C(/C=C/c1ccc(S(=O)(=O)N2CCOCC2)cc1)Nc1nc(-c2ccccc2Cl)cs1. The summed E-state index contributed by atoms with van der Waals surface area (Å²) in [5.41, 5.74) is 2.20. The average molecular weight is 490 g/mol. The van der Waals surface area contributed by atoms with Gasteiger partial charge in [-0.25, -0.2) is 13.4 Å². The minimum atomic E-state index is -3.54. The summed E-state index contributed by atoms with van der Waals surface area (Å²) in [7, 11) is -3.54. The van der Waals surface area contributed by atoms with Crippen LogP contribution in [0.1, 0.15) is 5.56 Å². The first kappa shape index (κ1) is 22.6. The number of ether oxygens (including phenoxy) is 1. The van der Waals surface area contributed by atoms with E-state index in [1.165, 1.54) is 21.7 Å². The van der Waals surface area contributed by atoms with Crippen molar-refractivity contribution in [1.29, 1.82) is 0 Å². The Hall–Kier alpha value is -2.56. The summed E-state index contributed by atoms with van der Waals surface area (Å²) in [6.07, 6.45) is 2.99. The number of sulfonamides is 1. The molecule has 1 amide bonds. The van der Waals surface area contributed by atoms with E-state index in [0.717, 1.165) is 5.56 Å². The van der Waals surface area contributed by atoms with Gasteiger partial charge in [0.2, 0.25) is 15.9 Å². The van der Waals surface area contributed by atoms with Crippen molar-refractivity contribution in [3.8, 4) is 11.3 Å². The smallest absolute Gasteiger partial charge is 0.250 e. The molecule has 0 atom stereocenters. The van der Waals surface area contributed by atoms with E-state index < -0.39 is 10.0 Å². The zero-order valence-corrected chi connectivity index (χ0v) is 19.3. The molecule has 0 spiro atoms. The highest BCUT2D eigenvalue weighted by molar-refractivity contribution is 7.89. The lowest BCUT2D eigenvalue weighted by Gasteiger charge is -2.26. The zero-order chi connectivity index (χ0) is 22.6. The third-order valence-corrected chi connectivity index (χ3v) is 7.80.